The summed E-state index contributed by atoms with van der Waals surface area (Å²) in [7, 11) is 0. The normalized spacial score (nSPS) is 9.54. The Hall–Kier alpha value is -0.910. The summed E-state index contributed by atoms with van der Waals surface area (Å²) >= 11 is 0. The molecule has 2 rings (SSSR count). The van der Waals surface area contributed by atoms with Crippen LogP contribution in [0.25, 0.3) is 5.65 Å². The van der Waals surface area contributed by atoms with Gasteiger partial charge in [0.05, 0.1) is 17.7 Å². The second-order valence-electron chi connectivity index (χ2n) is 2.23. The zero-order valence-corrected chi connectivity index (χ0v) is 8.97. The first-order chi connectivity index (χ1) is 5.79. The van der Waals surface area contributed by atoms with Gasteiger partial charge in [0.15, 0.2) is 5.65 Å². The Labute approximate surface area is 95.7 Å². The van der Waals surface area contributed by atoms with Gasteiger partial charge in [-0.25, -0.2) is 9.50 Å². The molecular formula is C7H4N3NaO2. The fourth-order valence-corrected chi connectivity index (χ4v) is 0.971. The molecule has 5 nitrogen and oxygen atoms in total. The summed E-state index contributed by atoms with van der Waals surface area (Å²) in [4.78, 5) is 14.3. The van der Waals surface area contributed by atoms with Crippen LogP contribution in [0.15, 0.2) is 24.7 Å². The van der Waals surface area contributed by atoms with Crippen LogP contribution in [0.4, 0.5) is 0 Å². The molecule has 6 heteroatoms. The number of carboxylic acids is 1. The molecule has 0 atom stereocenters. The van der Waals surface area contributed by atoms with Crippen LogP contribution in [0, 0.1) is 0 Å². The van der Waals surface area contributed by atoms with Crippen molar-refractivity contribution in [3.05, 3.63) is 30.2 Å². The largest absolute Gasteiger partial charge is 1.00 e. The van der Waals surface area contributed by atoms with Crippen LogP contribution < -0.4 is 34.7 Å². The van der Waals surface area contributed by atoms with Crippen molar-refractivity contribution >= 4 is 11.6 Å². The first-order valence-electron chi connectivity index (χ1n) is 3.29. The maximum absolute atomic E-state index is 10.5. The van der Waals surface area contributed by atoms with Crippen molar-refractivity contribution in [1.82, 2.24) is 14.6 Å². The van der Waals surface area contributed by atoms with Crippen LogP contribution in [0.5, 0.6) is 0 Å². The SMILES string of the molecule is O=C([O-])c1cnn2cccnc12.[Na+]. The summed E-state index contributed by atoms with van der Waals surface area (Å²) < 4.78 is 1.38. The van der Waals surface area contributed by atoms with Gasteiger partial charge < -0.3 is 9.90 Å². The first kappa shape index (κ1) is 10.2. The quantitative estimate of drug-likeness (QED) is 0.426. The van der Waals surface area contributed by atoms with Crippen molar-refractivity contribution in [2.24, 2.45) is 0 Å². The maximum atomic E-state index is 10.5. The van der Waals surface area contributed by atoms with Gasteiger partial charge in [-0.05, 0) is 6.07 Å². The zero-order chi connectivity index (χ0) is 8.55. The molecule has 2 aromatic rings. The Morgan fingerprint density at radius 3 is 3.00 bits per heavy atom. The Balaban J connectivity index is 0.000000845. The molecule has 0 bridgehead atoms. The maximum Gasteiger partial charge on any atom is 1.00 e. The van der Waals surface area contributed by atoms with E-state index in [-0.39, 0.29) is 35.1 Å². The summed E-state index contributed by atoms with van der Waals surface area (Å²) in [6.45, 7) is 0. The van der Waals surface area contributed by atoms with Gasteiger partial charge in [-0.2, -0.15) is 5.10 Å². The predicted octanol–water partition coefficient (Wildman–Crippen LogP) is -3.90. The zero-order valence-electron chi connectivity index (χ0n) is 6.97. The third-order valence-electron chi connectivity index (χ3n) is 1.50. The van der Waals surface area contributed by atoms with Crippen molar-refractivity contribution in [2.45, 2.75) is 0 Å². The summed E-state index contributed by atoms with van der Waals surface area (Å²) in [5.74, 6) is -1.26. The molecule has 2 aromatic heterocycles. The number of carbonyl (C=O) groups is 1. The minimum atomic E-state index is -1.26. The van der Waals surface area contributed by atoms with Gasteiger partial charge in [-0.15, -0.1) is 0 Å². The third kappa shape index (κ3) is 1.72. The van der Waals surface area contributed by atoms with E-state index < -0.39 is 5.97 Å². The van der Waals surface area contributed by atoms with E-state index in [9.17, 15) is 9.90 Å². The van der Waals surface area contributed by atoms with Crippen LogP contribution in [0.1, 0.15) is 10.4 Å². The second kappa shape index (κ2) is 3.87. The number of hydrogen-bond donors (Lipinski definition) is 0. The van der Waals surface area contributed by atoms with Crippen LogP contribution in [-0.2, 0) is 0 Å². The van der Waals surface area contributed by atoms with Crippen molar-refractivity contribution in [2.75, 3.05) is 0 Å². The van der Waals surface area contributed by atoms with E-state index in [0.717, 1.165) is 0 Å². The molecule has 0 saturated carbocycles. The fraction of sp³-hybridized carbons (Fsp3) is 0. The van der Waals surface area contributed by atoms with E-state index >= 15 is 0 Å². The monoisotopic (exact) mass is 185 g/mol. The molecule has 0 aromatic carbocycles. The number of rotatable bonds is 1. The van der Waals surface area contributed by atoms with E-state index in [0.29, 0.717) is 5.65 Å². The van der Waals surface area contributed by atoms with Gasteiger partial charge in [0, 0.05) is 12.4 Å². The molecule has 0 amide bonds. The number of carboxylic acid groups (broad SMARTS) is 1. The number of carbonyl (C=O) groups excluding carboxylic acids is 1. The predicted molar refractivity (Wildman–Crippen MR) is 37.3 cm³/mol. The Morgan fingerprint density at radius 1 is 1.54 bits per heavy atom. The van der Waals surface area contributed by atoms with Crippen molar-refractivity contribution in [3.8, 4) is 0 Å². The van der Waals surface area contributed by atoms with Crippen molar-refractivity contribution in [3.63, 3.8) is 0 Å². The summed E-state index contributed by atoms with van der Waals surface area (Å²) in [5.41, 5.74) is 0.313. The van der Waals surface area contributed by atoms with Crippen molar-refractivity contribution in [1.29, 1.82) is 0 Å². The molecule has 60 valence electrons. The molecule has 0 spiro atoms. The van der Waals surface area contributed by atoms with Gasteiger partial charge >= 0.3 is 29.6 Å². The number of fused-ring (bicyclic) bond motifs is 1. The summed E-state index contributed by atoms with van der Waals surface area (Å²) in [6, 6.07) is 1.67. The molecule has 0 saturated heterocycles. The summed E-state index contributed by atoms with van der Waals surface area (Å²) in [6.07, 6.45) is 4.34. The molecule has 0 radical (unpaired) electrons. The molecule has 0 unspecified atom stereocenters. The second-order valence-corrected chi connectivity index (χ2v) is 2.23. The van der Waals surface area contributed by atoms with Gasteiger partial charge in [0.1, 0.15) is 0 Å². The van der Waals surface area contributed by atoms with Crippen LogP contribution in [0.2, 0.25) is 0 Å². The molecule has 0 aliphatic rings. The topological polar surface area (TPSA) is 70.3 Å². The number of nitrogens with zero attached hydrogens (tertiary/aromatic N) is 3. The van der Waals surface area contributed by atoms with Crippen molar-refractivity contribution < 1.29 is 39.5 Å². The average Bonchev–Trinajstić information content (AvgIpc) is 2.47. The van der Waals surface area contributed by atoms with E-state index in [1.165, 1.54) is 16.9 Å². The standard InChI is InChI=1S/C7H5N3O2.Na/c11-7(12)5-4-9-10-3-1-2-8-6(5)10;/h1-4H,(H,11,12);/q;+1/p-1. The average molecular weight is 185 g/mol. The van der Waals surface area contributed by atoms with E-state index in [2.05, 4.69) is 10.1 Å². The van der Waals surface area contributed by atoms with E-state index in [1.54, 1.807) is 12.3 Å². The number of hydrogen-bond acceptors (Lipinski definition) is 4. The third-order valence-corrected chi connectivity index (χ3v) is 1.50. The Kier molecular flexibility index (Phi) is 3.02. The van der Waals surface area contributed by atoms with Gasteiger partial charge in [-0.1, -0.05) is 0 Å². The Morgan fingerprint density at radius 2 is 2.31 bits per heavy atom. The van der Waals surface area contributed by atoms with E-state index in [4.69, 9.17) is 0 Å². The van der Waals surface area contributed by atoms with Gasteiger partial charge in [0.25, 0.3) is 0 Å². The molecular weight excluding hydrogens is 181 g/mol. The molecule has 13 heavy (non-hydrogen) atoms. The van der Waals surface area contributed by atoms with Crippen LogP contribution >= 0.6 is 0 Å². The molecule has 0 aliphatic heterocycles. The van der Waals surface area contributed by atoms with E-state index in [1.807, 2.05) is 0 Å². The van der Waals surface area contributed by atoms with Crippen LogP contribution in [0.3, 0.4) is 0 Å². The molecule has 0 fully saturated rings. The summed E-state index contributed by atoms with van der Waals surface area (Å²) in [5, 5.41) is 14.2. The Bertz CT molecular complexity index is 440. The molecule has 0 aliphatic carbocycles. The number of aromatic carboxylic acids is 1. The van der Waals surface area contributed by atoms with Gasteiger partial charge in [0.2, 0.25) is 0 Å². The smallest absolute Gasteiger partial charge is 0.545 e. The first-order valence-corrected chi connectivity index (χ1v) is 3.29. The minimum Gasteiger partial charge on any atom is -0.545 e. The number of aromatic nitrogens is 3. The van der Waals surface area contributed by atoms with Gasteiger partial charge in [-0.3, -0.25) is 0 Å². The molecule has 2 heterocycles. The van der Waals surface area contributed by atoms with Crippen LogP contribution in [-0.4, -0.2) is 20.6 Å². The molecule has 0 N–H and O–H groups in total. The minimum absolute atomic E-state index is 0. The fourth-order valence-electron chi connectivity index (χ4n) is 0.971.